The fourth-order valence-electron chi connectivity index (χ4n) is 4.10. The molecule has 0 aliphatic heterocycles. The maximum absolute atomic E-state index is 13.3. The lowest BCUT2D eigenvalue weighted by molar-refractivity contribution is 0.0941. The Morgan fingerprint density at radius 3 is 2.73 bits per heavy atom. The van der Waals surface area contributed by atoms with E-state index in [4.69, 9.17) is 11.4 Å². The van der Waals surface area contributed by atoms with Gasteiger partial charge in [-0.15, -0.1) is 6.42 Å². The third kappa shape index (κ3) is 3.60. The van der Waals surface area contributed by atoms with Crippen LogP contribution in [0.25, 0.3) is 27.8 Å². The molecule has 1 atom stereocenters. The van der Waals surface area contributed by atoms with Crippen LogP contribution in [0.5, 0.6) is 0 Å². The summed E-state index contributed by atoms with van der Waals surface area (Å²) < 4.78 is 1.61. The minimum atomic E-state index is -0.322. The Morgan fingerprint density at radius 2 is 1.94 bits per heavy atom. The number of nitrogens with one attached hydrogen (secondary N) is 1. The van der Waals surface area contributed by atoms with Crippen LogP contribution in [0.1, 0.15) is 40.1 Å². The van der Waals surface area contributed by atoms with Gasteiger partial charge in [-0.25, -0.2) is 14.5 Å². The number of hydrogen-bond donors (Lipinski definition) is 1. The van der Waals surface area contributed by atoms with Gasteiger partial charge in [0.05, 0.1) is 28.5 Å². The summed E-state index contributed by atoms with van der Waals surface area (Å²) in [5.41, 5.74) is 5.76. The van der Waals surface area contributed by atoms with Crippen molar-refractivity contribution < 1.29 is 4.79 Å². The van der Waals surface area contributed by atoms with Crippen LogP contribution < -0.4 is 5.32 Å². The highest BCUT2D eigenvalue weighted by Gasteiger charge is 2.22. The number of nitrogens with zero attached hydrogens (tertiary/aromatic N) is 4. The zero-order valence-corrected chi connectivity index (χ0v) is 18.3. The molecule has 0 unspecified atom stereocenters. The number of carbonyl (C=O) groups excluding carboxylic acids is 1. The lowest BCUT2D eigenvalue weighted by Gasteiger charge is -2.19. The molecule has 0 saturated carbocycles. The number of pyridine rings is 1. The van der Waals surface area contributed by atoms with Gasteiger partial charge in [-0.2, -0.15) is 5.10 Å². The molecule has 0 aliphatic carbocycles. The van der Waals surface area contributed by atoms with Crippen LogP contribution in [0, 0.1) is 19.3 Å². The molecule has 0 spiro atoms. The average Bonchev–Trinajstić information content (AvgIpc) is 3.19. The summed E-state index contributed by atoms with van der Waals surface area (Å²) in [5.74, 6) is 2.49. The number of benzene rings is 2. The number of aromatic nitrogens is 4. The van der Waals surface area contributed by atoms with E-state index in [0.29, 0.717) is 16.9 Å². The summed E-state index contributed by atoms with van der Waals surface area (Å²) in [6.07, 6.45) is 9.15. The molecule has 0 bridgehead atoms. The first-order chi connectivity index (χ1) is 16.1. The van der Waals surface area contributed by atoms with Gasteiger partial charge >= 0.3 is 0 Å². The SMILES string of the molecule is C#Cc1cccc2cc([C@H](C)NC(=O)c3c(C)nn4cccnc34)c(-c3ccccc3)nc12. The normalized spacial score (nSPS) is 11.9. The van der Waals surface area contributed by atoms with Gasteiger partial charge in [-0.1, -0.05) is 48.4 Å². The summed E-state index contributed by atoms with van der Waals surface area (Å²) in [7, 11) is 0. The van der Waals surface area contributed by atoms with Crippen molar-refractivity contribution in [1.82, 2.24) is 24.9 Å². The molecule has 1 amide bonds. The topological polar surface area (TPSA) is 72.2 Å². The molecule has 160 valence electrons. The first kappa shape index (κ1) is 20.4. The minimum Gasteiger partial charge on any atom is -0.345 e. The van der Waals surface area contributed by atoms with E-state index in [-0.39, 0.29) is 11.9 Å². The van der Waals surface area contributed by atoms with Crippen molar-refractivity contribution in [1.29, 1.82) is 0 Å². The van der Waals surface area contributed by atoms with Crippen molar-refractivity contribution in [3.8, 4) is 23.6 Å². The number of fused-ring (bicyclic) bond motifs is 2. The van der Waals surface area contributed by atoms with Crippen molar-refractivity contribution in [3.05, 3.63) is 95.4 Å². The van der Waals surface area contributed by atoms with Crippen LogP contribution in [-0.4, -0.2) is 25.5 Å². The molecule has 1 N–H and O–H groups in total. The molecule has 2 aromatic carbocycles. The molecular weight excluding hydrogens is 410 g/mol. The van der Waals surface area contributed by atoms with Gasteiger partial charge in [-0.3, -0.25) is 4.79 Å². The van der Waals surface area contributed by atoms with E-state index in [1.54, 1.807) is 23.0 Å². The van der Waals surface area contributed by atoms with E-state index in [9.17, 15) is 4.79 Å². The summed E-state index contributed by atoms with van der Waals surface area (Å²) in [6, 6.07) is 19.2. The lowest BCUT2D eigenvalue weighted by Crippen LogP contribution is -2.27. The second-order valence-electron chi connectivity index (χ2n) is 7.86. The Morgan fingerprint density at radius 1 is 1.12 bits per heavy atom. The van der Waals surface area contributed by atoms with Gasteiger partial charge in [0.1, 0.15) is 5.56 Å². The molecule has 33 heavy (non-hydrogen) atoms. The molecule has 6 nitrogen and oxygen atoms in total. The molecule has 0 aliphatic rings. The molecule has 0 radical (unpaired) electrons. The second-order valence-corrected chi connectivity index (χ2v) is 7.86. The summed E-state index contributed by atoms with van der Waals surface area (Å²) in [6.45, 7) is 3.76. The molecule has 6 heteroatoms. The van der Waals surface area contributed by atoms with E-state index < -0.39 is 0 Å². The van der Waals surface area contributed by atoms with E-state index in [0.717, 1.165) is 33.3 Å². The third-order valence-corrected chi connectivity index (χ3v) is 5.69. The maximum atomic E-state index is 13.3. The van der Waals surface area contributed by atoms with Crippen molar-refractivity contribution in [2.45, 2.75) is 19.9 Å². The van der Waals surface area contributed by atoms with Crippen molar-refractivity contribution in [2.24, 2.45) is 0 Å². The number of aryl methyl sites for hydroxylation is 1. The van der Waals surface area contributed by atoms with Crippen molar-refractivity contribution in [3.63, 3.8) is 0 Å². The van der Waals surface area contributed by atoms with E-state index in [1.807, 2.05) is 62.4 Å². The molecular formula is C27H21N5O. The van der Waals surface area contributed by atoms with E-state index in [2.05, 4.69) is 27.4 Å². The maximum Gasteiger partial charge on any atom is 0.257 e. The number of para-hydroxylation sites is 1. The molecule has 0 fully saturated rings. The first-order valence-electron chi connectivity index (χ1n) is 10.6. The van der Waals surface area contributed by atoms with Gasteiger partial charge in [-0.05, 0) is 32.0 Å². The predicted molar refractivity (Wildman–Crippen MR) is 129 cm³/mol. The number of terminal acetylenes is 1. The highest BCUT2D eigenvalue weighted by atomic mass is 16.1. The van der Waals surface area contributed by atoms with Crippen LogP contribution in [0.4, 0.5) is 0 Å². The van der Waals surface area contributed by atoms with Crippen molar-refractivity contribution >= 4 is 22.5 Å². The predicted octanol–water partition coefficient (Wildman–Crippen LogP) is 4.73. The standard InChI is InChI=1S/C27H21N5O/c1-4-19-12-8-13-21-16-22(25(30-24(19)21)20-10-6-5-7-11-20)17(2)29-27(33)23-18(3)31-32-15-9-14-28-26(23)32/h1,5-17H,2-3H3,(H,29,33)/t17-/m0/s1. The van der Waals surface area contributed by atoms with E-state index in [1.165, 1.54) is 0 Å². The third-order valence-electron chi connectivity index (χ3n) is 5.69. The van der Waals surface area contributed by atoms with Crippen molar-refractivity contribution in [2.75, 3.05) is 0 Å². The summed E-state index contributed by atoms with van der Waals surface area (Å²) in [4.78, 5) is 22.6. The zero-order valence-electron chi connectivity index (χ0n) is 18.3. The van der Waals surface area contributed by atoms with Gasteiger partial charge in [0.2, 0.25) is 0 Å². The molecule has 5 aromatic rings. The quantitative estimate of drug-likeness (QED) is 0.418. The zero-order chi connectivity index (χ0) is 22.9. The fourth-order valence-corrected chi connectivity index (χ4v) is 4.10. The van der Waals surface area contributed by atoms with Crippen LogP contribution >= 0.6 is 0 Å². The highest BCUT2D eigenvalue weighted by Crippen LogP contribution is 2.31. The summed E-state index contributed by atoms with van der Waals surface area (Å²) >= 11 is 0. The average molecular weight is 431 g/mol. The number of amides is 1. The van der Waals surface area contributed by atoms with Crippen LogP contribution in [0.3, 0.4) is 0 Å². The van der Waals surface area contributed by atoms with Gasteiger partial charge in [0.15, 0.2) is 5.65 Å². The Bertz CT molecular complexity index is 1550. The lowest BCUT2D eigenvalue weighted by atomic mass is 9.97. The Labute approximate surface area is 191 Å². The van der Waals surface area contributed by atoms with Crippen LogP contribution in [0.2, 0.25) is 0 Å². The minimum absolute atomic E-state index is 0.231. The highest BCUT2D eigenvalue weighted by molar-refractivity contribution is 6.01. The fraction of sp³-hybridized carbons (Fsp3) is 0.111. The number of rotatable bonds is 4. The van der Waals surface area contributed by atoms with Crippen LogP contribution in [-0.2, 0) is 0 Å². The van der Waals surface area contributed by atoms with Gasteiger partial charge in [0.25, 0.3) is 5.91 Å². The van der Waals surface area contributed by atoms with Gasteiger partial charge in [0, 0.05) is 28.9 Å². The largest absolute Gasteiger partial charge is 0.345 e. The molecule has 3 heterocycles. The van der Waals surface area contributed by atoms with Crippen LogP contribution in [0.15, 0.2) is 73.1 Å². The number of carbonyl (C=O) groups is 1. The van der Waals surface area contributed by atoms with E-state index >= 15 is 0 Å². The molecule has 3 aromatic heterocycles. The monoisotopic (exact) mass is 431 g/mol. The number of hydrogen-bond acceptors (Lipinski definition) is 4. The Balaban J connectivity index is 1.60. The molecule has 5 rings (SSSR count). The second kappa shape index (κ2) is 8.21. The molecule has 0 saturated heterocycles. The summed E-state index contributed by atoms with van der Waals surface area (Å²) in [5, 5.41) is 8.45. The van der Waals surface area contributed by atoms with Gasteiger partial charge < -0.3 is 5.32 Å². The Hall–Kier alpha value is -4.50. The first-order valence-corrected chi connectivity index (χ1v) is 10.6. The Kier molecular flexibility index (Phi) is 5.08. The smallest absolute Gasteiger partial charge is 0.257 e.